The molecule has 1 aromatic heterocycles. The van der Waals surface area contributed by atoms with Gasteiger partial charge in [-0.2, -0.15) is 4.39 Å². The molecule has 1 aromatic carbocycles. The van der Waals surface area contributed by atoms with Gasteiger partial charge in [0.05, 0.1) is 12.1 Å². The number of nitrogens with zero attached hydrogens (tertiary/aromatic N) is 1. The van der Waals surface area contributed by atoms with Crippen LogP contribution in [0.1, 0.15) is 57.4 Å². The number of halogens is 2. The Labute approximate surface area is 169 Å². The molecule has 1 aliphatic heterocycles. The molecule has 7 heteroatoms. The Morgan fingerprint density at radius 3 is 2.59 bits per heavy atom. The number of carbonyl (C=O) groups excluding carboxylic acids is 1. The molecule has 2 aromatic rings. The first-order valence-corrected chi connectivity index (χ1v) is 10.3. The number of anilines is 2. The quantitative estimate of drug-likeness (QED) is 0.465. The first-order valence-electron chi connectivity index (χ1n) is 10.3. The van der Waals surface area contributed by atoms with E-state index in [0.717, 1.165) is 12.8 Å². The van der Waals surface area contributed by atoms with Gasteiger partial charge in [0.2, 0.25) is 11.7 Å². The maximum atomic E-state index is 14.5. The molecule has 0 radical (unpaired) electrons. The Morgan fingerprint density at radius 2 is 1.79 bits per heavy atom. The Bertz CT molecular complexity index is 858. The average molecular weight is 403 g/mol. The summed E-state index contributed by atoms with van der Waals surface area (Å²) in [6.45, 7) is 2.78. The molecule has 0 aliphatic carbocycles. The number of fused-ring (bicyclic) bond motifs is 1. The van der Waals surface area contributed by atoms with E-state index in [-0.39, 0.29) is 29.5 Å². The number of pyridine rings is 1. The van der Waals surface area contributed by atoms with E-state index in [4.69, 9.17) is 4.74 Å². The largest absolute Gasteiger partial charge is 0.454 e. The van der Waals surface area contributed by atoms with Crippen LogP contribution in [0.15, 0.2) is 24.4 Å². The van der Waals surface area contributed by atoms with E-state index >= 15 is 0 Å². The third kappa shape index (κ3) is 5.43. The highest BCUT2D eigenvalue weighted by Gasteiger charge is 2.24. The number of aromatic nitrogens is 1. The van der Waals surface area contributed by atoms with Crippen LogP contribution >= 0.6 is 0 Å². The van der Waals surface area contributed by atoms with Crippen LogP contribution in [0.5, 0.6) is 11.5 Å². The molecule has 0 atom stereocenters. The van der Waals surface area contributed by atoms with Gasteiger partial charge in [-0.25, -0.2) is 9.37 Å². The fourth-order valence-electron chi connectivity index (χ4n) is 3.36. The van der Waals surface area contributed by atoms with Crippen LogP contribution in [0.25, 0.3) is 0 Å². The molecular weight excluding hydrogens is 376 g/mol. The molecule has 1 amide bonds. The summed E-state index contributed by atoms with van der Waals surface area (Å²) in [7, 11) is 0. The monoisotopic (exact) mass is 403 g/mol. The molecule has 0 spiro atoms. The lowest BCUT2D eigenvalue weighted by Gasteiger charge is -2.13. The highest BCUT2D eigenvalue weighted by atomic mass is 19.2. The summed E-state index contributed by atoms with van der Waals surface area (Å²) in [6, 6.07) is 4.39. The zero-order valence-electron chi connectivity index (χ0n) is 16.7. The molecule has 1 aliphatic rings. The smallest absolute Gasteiger partial charge is 0.230 e. The van der Waals surface area contributed by atoms with Gasteiger partial charge in [-0.3, -0.25) is 4.79 Å². The minimum Gasteiger partial charge on any atom is -0.454 e. The van der Waals surface area contributed by atoms with Gasteiger partial charge in [0, 0.05) is 18.3 Å². The van der Waals surface area contributed by atoms with Crippen molar-refractivity contribution < 1.29 is 18.3 Å². The van der Waals surface area contributed by atoms with Crippen LogP contribution in [0.2, 0.25) is 0 Å². The Morgan fingerprint density at radius 1 is 1.03 bits per heavy atom. The molecule has 0 unspecified atom stereocenters. The number of carbonyl (C=O) groups is 1. The molecule has 0 fully saturated rings. The topological polar surface area (TPSA) is 63.2 Å². The van der Waals surface area contributed by atoms with Gasteiger partial charge in [-0.15, -0.1) is 0 Å². The molecule has 29 heavy (non-hydrogen) atoms. The maximum absolute atomic E-state index is 14.5. The highest BCUT2D eigenvalue weighted by Crippen LogP contribution is 2.35. The second-order valence-corrected chi connectivity index (χ2v) is 7.25. The number of rotatable bonds is 11. The van der Waals surface area contributed by atoms with Crippen molar-refractivity contribution in [3.05, 3.63) is 41.6 Å². The van der Waals surface area contributed by atoms with Crippen LogP contribution in [-0.2, 0) is 11.2 Å². The van der Waals surface area contributed by atoms with E-state index in [2.05, 4.69) is 22.5 Å². The van der Waals surface area contributed by atoms with Gasteiger partial charge in [0.15, 0.2) is 11.6 Å². The summed E-state index contributed by atoms with van der Waals surface area (Å²) >= 11 is 0. The SMILES string of the molecule is CCCCCCCCCNc1ccc(Oc2ccnc3c2CC(=O)N3)c(F)c1F. The molecule has 156 valence electrons. The summed E-state index contributed by atoms with van der Waals surface area (Å²) in [4.78, 5) is 15.6. The minimum absolute atomic E-state index is 0.0979. The Balaban J connectivity index is 1.55. The summed E-state index contributed by atoms with van der Waals surface area (Å²) in [5.74, 6) is -1.78. The Kier molecular flexibility index (Phi) is 7.38. The summed E-state index contributed by atoms with van der Waals surface area (Å²) < 4.78 is 34.5. The number of ether oxygens (including phenoxy) is 1. The van der Waals surface area contributed by atoms with Crippen molar-refractivity contribution in [2.45, 2.75) is 58.3 Å². The van der Waals surface area contributed by atoms with E-state index in [1.807, 2.05) is 0 Å². The van der Waals surface area contributed by atoms with Crippen molar-refractivity contribution in [1.29, 1.82) is 0 Å². The third-order valence-corrected chi connectivity index (χ3v) is 4.97. The van der Waals surface area contributed by atoms with Crippen molar-refractivity contribution >= 4 is 17.4 Å². The van der Waals surface area contributed by atoms with Gasteiger partial charge in [-0.05, 0) is 24.6 Å². The van der Waals surface area contributed by atoms with E-state index in [0.29, 0.717) is 17.9 Å². The van der Waals surface area contributed by atoms with Crippen molar-refractivity contribution in [3.63, 3.8) is 0 Å². The Hall–Kier alpha value is -2.70. The molecule has 2 N–H and O–H groups in total. The van der Waals surface area contributed by atoms with Crippen LogP contribution < -0.4 is 15.4 Å². The van der Waals surface area contributed by atoms with Gasteiger partial charge >= 0.3 is 0 Å². The van der Waals surface area contributed by atoms with Crippen LogP contribution in [0, 0.1) is 11.6 Å². The maximum Gasteiger partial charge on any atom is 0.230 e. The number of hydrogen-bond donors (Lipinski definition) is 2. The van der Waals surface area contributed by atoms with E-state index < -0.39 is 11.6 Å². The van der Waals surface area contributed by atoms with Gasteiger partial charge in [-0.1, -0.05) is 45.4 Å². The average Bonchev–Trinajstić information content (AvgIpc) is 3.10. The highest BCUT2D eigenvalue weighted by molar-refractivity contribution is 5.98. The molecule has 0 saturated carbocycles. The third-order valence-electron chi connectivity index (χ3n) is 4.97. The van der Waals surface area contributed by atoms with Gasteiger partial charge < -0.3 is 15.4 Å². The molecular formula is C22H27F2N3O2. The second-order valence-electron chi connectivity index (χ2n) is 7.25. The fourth-order valence-corrected chi connectivity index (χ4v) is 3.36. The second kappa shape index (κ2) is 10.2. The number of benzene rings is 1. The lowest BCUT2D eigenvalue weighted by Crippen LogP contribution is -2.05. The lowest BCUT2D eigenvalue weighted by molar-refractivity contribution is -0.115. The van der Waals surface area contributed by atoms with Gasteiger partial charge in [0.1, 0.15) is 11.6 Å². The molecule has 0 bridgehead atoms. The van der Waals surface area contributed by atoms with Crippen LogP contribution in [0.3, 0.4) is 0 Å². The number of unbranched alkanes of at least 4 members (excludes halogenated alkanes) is 6. The predicted octanol–water partition coefficient (Wildman–Crippen LogP) is 5.81. The first kappa shape index (κ1) is 21.0. The molecule has 3 rings (SSSR count). The normalized spacial score (nSPS) is 12.6. The van der Waals surface area contributed by atoms with E-state index in [1.165, 1.54) is 56.5 Å². The minimum atomic E-state index is -1.06. The standard InChI is InChI=1S/C22H27F2N3O2/c1-2-3-4-5-6-7-8-12-25-16-9-10-18(21(24)20(16)23)29-17-11-13-26-22-15(17)14-19(28)27-22/h9-11,13,25H,2-8,12,14H2,1H3,(H,26,27,28). The van der Waals surface area contributed by atoms with Crippen molar-refractivity contribution in [2.75, 3.05) is 17.2 Å². The lowest BCUT2D eigenvalue weighted by atomic mass is 10.1. The number of amides is 1. The van der Waals surface area contributed by atoms with Gasteiger partial charge in [0.25, 0.3) is 0 Å². The van der Waals surface area contributed by atoms with E-state index in [1.54, 1.807) is 0 Å². The van der Waals surface area contributed by atoms with Crippen LogP contribution in [0.4, 0.5) is 20.3 Å². The summed E-state index contributed by atoms with van der Waals surface area (Å²) in [6.07, 6.45) is 9.68. The molecule has 5 nitrogen and oxygen atoms in total. The summed E-state index contributed by atoms with van der Waals surface area (Å²) in [5.41, 5.74) is 0.663. The first-order chi connectivity index (χ1) is 14.1. The van der Waals surface area contributed by atoms with Crippen molar-refractivity contribution in [3.8, 4) is 11.5 Å². The number of hydrogen-bond acceptors (Lipinski definition) is 4. The fraction of sp³-hybridized carbons (Fsp3) is 0.455. The molecule has 0 saturated heterocycles. The van der Waals surface area contributed by atoms with Crippen molar-refractivity contribution in [2.24, 2.45) is 0 Å². The number of nitrogens with one attached hydrogen (secondary N) is 2. The molecule has 2 heterocycles. The van der Waals surface area contributed by atoms with E-state index in [9.17, 15) is 13.6 Å². The summed E-state index contributed by atoms with van der Waals surface area (Å²) in [5, 5.41) is 5.56. The van der Waals surface area contributed by atoms with Crippen molar-refractivity contribution in [1.82, 2.24) is 4.98 Å². The van der Waals surface area contributed by atoms with Crippen LogP contribution in [-0.4, -0.2) is 17.4 Å². The zero-order valence-corrected chi connectivity index (χ0v) is 16.7. The predicted molar refractivity (Wildman–Crippen MR) is 109 cm³/mol. The zero-order chi connectivity index (χ0) is 20.6.